The summed E-state index contributed by atoms with van der Waals surface area (Å²) >= 11 is 1.83. The summed E-state index contributed by atoms with van der Waals surface area (Å²) in [5.74, 6) is 1.78. The monoisotopic (exact) mass is 657 g/mol. The molecule has 0 fully saturated rings. The Morgan fingerprint density at radius 3 is 1.84 bits per heavy atom. The van der Waals surface area contributed by atoms with Crippen LogP contribution in [0.4, 0.5) is 0 Å². The van der Waals surface area contributed by atoms with Gasteiger partial charge < -0.3 is 4.42 Å². The summed E-state index contributed by atoms with van der Waals surface area (Å²) in [5, 5.41) is 4.65. The van der Waals surface area contributed by atoms with Crippen molar-refractivity contribution in [3.8, 4) is 56.4 Å². The van der Waals surface area contributed by atoms with Crippen LogP contribution in [0, 0.1) is 0 Å². The minimum Gasteiger partial charge on any atom is -0.455 e. The Bertz CT molecular complexity index is 2870. The highest BCUT2D eigenvalue weighted by Gasteiger charge is 2.21. The smallest absolute Gasteiger partial charge is 0.167 e. The van der Waals surface area contributed by atoms with Gasteiger partial charge in [-0.1, -0.05) is 127 Å². The molecule has 0 aliphatic heterocycles. The number of benzene rings is 7. The van der Waals surface area contributed by atoms with Gasteiger partial charge in [-0.25, -0.2) is 15.0 Å². The molecule has 5 heteroatoms. The van der Waals surface area contributed by atoms with Crippen molar-refractivity contribution in [1.82, 2.24) is 15.0 Å². The van der Waals surface area contributed by atoms with Gasteiger partial charge in [0, 0.05) is 42.1 Å². The van der Waals surface area contributed by atoms with Crippen LogP contribution in [-0.4, -0.2) is 15.0 Å². The first-order chi connectivity index (χ1) is 24.8. The van der Waals surface area contributed by atoms with E-state index < -0.39 is 0 Å². The summed E-state index contributed by atoms with van der Waals surface area (Å²) in [6.45, 7) is 0. The van der Waals surface area contributed by atoms with Gasteiger partial charge in [-0.05, 0) is 58.7 Å². The van der Waals surface area contributed by atoms with Crippen molar-refractivity contribution < 1.29 is 4.42 Å². The molecule has 10 aromatic rings. The maximum atomic E-state index is 6.71. The number of aromatic nitrogens is 3. The Kier molecular flexibility index (Phi) is 6.64. The van der Waals surface area contributed by atoms with Crippen LogP contribution in [0.2, 0.25) is 0 Å². The lowest BCUT2D eigenvalue weighted by molar-refractivity contribution is 0.669. The first-order valence-electron chi connectivity index (χ1n) is 16.6. The maximum absolute atomic E-state index is 6.71. The van der Waals surface area contributed by atoms with E-state index >= 15 is 0 Å². The van der Waals surface area contributed by atoms with Crippen molar-refractivity contribution in [3.05, 3.63) is 164 Å². The molecule has 0 amide bonds. The van der Waals surface area contributed by atoms with Crippen LogP contribution in [0.5, 0.6) is 0 Å². The summed E-state index contributed by atoms with van der Waals surface area (Å²) in [7, 11) is 0. The molecule has 10 rings (SSSR count). The largest absolute Gasteiger partial charge is 0.455 e. The van der Waals surface area contributed by atoms with Gasteiger partial charge in [0.15, 0.2) is 17.5 Å². The van der Waals surface area contributed by atoms with Gasteiger partial charge in [-0.3, -0.25) is 0 Å². The lowest BCUT2D eigenvalue weighted by Gasteiger charge is -2.11. The van der Waals surface area contributed by atoms with E-state index in [-0.39, 0.29) is 0 Å². The molecule has 0 aliphatic carbocycles. The predicted molar refractivity (Wildman–Crippen MR) is 207 cm³/mol. The fraction of sp³-hybridized carbons (Fsp3) is 0. The second-order valence-electron chi connectivity index (χ2n) is 12.4. The van der Waals surface area contributed by atoms with Crippen LogP contribution in [0.15, 0.2) is 168 Å². The molecule has 0 bridgehead atoms. The van der Waals surface area contributed by atoms with Gasteiger partial charge in [-0.2, -0.15) is 0 Å². The standard InChI is InChI=1S/C45H27N3OS/c1-3-12-28(13-4-1)30-16-11-17-32(26-30)44-46-43(29-14-5-2-6-15-29)47-45(48-44)36-24-23-33(41-35-19-7-9-20-38(35)49-42(36)41)31-22-25-40-37(27-31)34-18-8-10-21-39(34)50-40/h1-27H. The highest BCUT2D eigenvalue weighted by atomic mass is 32.1. The van der Waals surface area contributed by atoms with Gasteiger partial charge in [0.25, 0.3) is 0 Å². The fourth-order valence-corrected chi connectivity index (χ4v) is 8.04. The zero-order valence-electron chi connectivity index (χ0n) is 26.7. The molecule has 0 radical (unpaired) electrons. The number of hydrogen-bond acceptors (Lipinski definition) is 5. The van der Waals surface area contributed by atoms with Gasteiger partial charge in [0.05, 0.1) is 5.56 Å². The van der Waals surface area contributed by atoms with Crippen molar-refractivity contribution in [2.45, 2.75) is 0 Å². The number of nitrogens with zero attached hydrogens (tertiary/aromatic N) is 3. The van der Waals surface area contributed by atoms with Crippen molar-refractivity contribution in [3.63, 3.8) is 0 Å². The number of rotatable bonds is 5. The Morgan fingerprint density at radius 1 is 0.380 bits per heavy atom. The summed E-state index contributed by atoms with van der Waals surface area (Å²) in [6.07, 6.45) is 0. The summed E-state index contributed by atoms with van der Waals surface area (Å²) in [6, 6.07) is 56.8. The number of furan rings is 1. The van der Waals surface area contributed by atoms with E-state index in [1.165, 1.54) is 20.2 Å². The third-order valence-electron chi connectivity index (χ3n) is 9.35. The number of para-hydroxylation sites is 1. The lowest BCUT2D eigenvalue weighted by Crippen LogP contribution is -2.00. The first kappa shape index (κ1) is 28.6. The first-order valence-corrected chi connectivity index (χ1v) is 17.4. The summed E-state index contributed by atoms with van der Waals surface area (Å²) in [5.41, 5.74) is 8.74. The molecule has 0 N–H and O–H groups in total. The van der Waals surface area contributed by atoms with E-state index in [1.54, 1.807) is 0 Å². The molecule has 7 aromatic carbocycles. The van der Waals surface area contributed by atoms with Crippen LogP contribution in [0.25, 0.3) is 98.5 Å². The number of fused-ring (bicyclic) bond motifs is 6. The molecule has 4 nitrogen and oxygen atoms in total. The Hall–Kier alpha value is -6.43. The lowest BCUT2D eigenvalue weighted by atomic mass is 9.96. The van der Waals surface area contributed by atoms with Crippen LogP contribution < -0.4 is 0 Å². The third kappa shape index (κ3) is 4.79. The number of thiophene rings is 1. The SMILES string of the molecule is c1ccc(-c2cccc(-c3nc(-c4ccccc4)nc(-c4ccc(-c5ccc6sc7ccccc7c6c5)c5c4oc4ccccc45)n3)c2)cc1. The average molecular weight is 658 g/mol. The molecular formula is C45H27N3OS. The highest BCUT2D eigenvalue weighted by Crippen LogP contribution is 2.43. The van der Waals surface area contributed by atoms with E-state index in [2.05, 4.69) is 115 Å². The second kappa shape index (κ2) is 11.6. The van der Waals surface area contributed by atoms with Gasteiger partial charge in [-0.15, -0.1) is 11.3 Å². The highest BCUT2D eigenvalue weighted by molar-refractivity contribution is 7.25. The van der Waals surface area contributed by atoms with Crippen LogP contribution in [0.3, 0.4) is 0 Å². The van der Waals surface area contributed by atoms with E-state index in [4.69, 9.17) is 19.4 Å². The topological polar surface area (TPSA) is 51.8 Å². The Labute approximate surface area is 292 Å². The molecule has 0 aliphatic rings. The normalized spacial score (nSPS) is 11.6. The van der Waals surface area contributed by atoms with Gasteiger partial charge in [0.2, 0.25) is 0 Å². The molecule has 0 unspecified atom stereocenters. The molecule has 0 atom stereocenters. The molecule has 234 valence electrons. The zero-order chi connectivity index (χ0) is 33.0. The van der Waals surface area contributed by atoms with Crippen LogP contribution >= 0.6 is 11.3 Å². The zero-order valence-corrected chi connectivity index (χ0v) is 27.6. The molecule has 0 saturated carbocycles. The Morgan fingerprint density at radius 2 is 1.00 bits per heavy atom. The van der Waals surface area contributed by atoms with Gasteiger partial charge in [0.1, 0.15) is 11.2 Å². The minimum absolute atomic E-state index is 0.564. The molecule has 3 heterocycles. The quantitative estimate of drug-likeness (QED) is 0.185. The van der Waals surface area contributed by atoms with E-state index in [0.717, 1.165) is 60.9 Å². The second-order valence-corrected chi connectivity index (χ2v) is 13.5. The average Bonchev–Trinajstić information content (AvgIpc) is 3.77. The van der Waals surface area contributed by atoms with Crippen molar-refractivity contribution in [1.29, 1.82) is 0 Å². The van der Waals surface area contributed by atoms with Crippen LogP contribution in [0.1, 0.15) is 0 Å². The minimum atomic E-state index is 0.564. The third-order valence-corrected chi connectivity index (χ3v) is 10.5. The van der Waals surface area contributed by atoms with Crippen LogP contribution in [-0.2, 0) is 0 Å². The van der Waals surface area contributed by atoms with E-state index in [9.17, 15) is 0 Å². The fourth-order valence-electron chi connectivity index (χ4n) is 6.95. The van der Waals surface area contributed by atoms with E-state index in [1.807, 2.05) is 59.9 Å². The molecule has 0 saturated heterocycles. The summed E-state index contributed by atoms with van der Waals surface area (Å²) < 4.78 is 9.29. The van der Waals surface area contributed by atoms with E-state index in [0.29, 0.717) is 17.5 Å². The number of hydrogen-bond donors (Lipinski definition) is 0. The van der Waals surface area contributed by atoms with Crippen molar-refractivity contribution in [2.75, 3.05) is 0 Å². The van der Waals surface area contributed by atoms with Crippen molar-refractivity contribution in [2.24, 2.45) is 0 Å². The van der Waals surface area contributed by atoms with Crippen molar-refractivity contribution >= 4 is 53.4 Å². The van der Waals surface area contributed by atoms with Gasteiger partial charge >= 0.3 is 0 Å². The molecule has 50 heavy (non-hydrogen) atoms. The predicted octanol–water partition coefficient (Wildman–Crippen LogP) is 12.5. The summed E-state index contributed by atoms with van der Waals surface area (Å²) in [4.78, 5) is 15.3. The Balaban J connectivity index is 1.20. The maximum Gasteiger partial charge on any atom is 0.167 e. The molecule has 0 spiro atoms. The molecular weight excluding hydrogens is 631 g/mol. The molecule has 3 aromatic heterocycles.